The summed E-state index contributed by atoms with van der Waals surface area (Å²) in [5, 5.41) is 17.9. The Bertz CT molecular complexity index is 776. The first kappa shape index (κ1) is 19.2. The number of hydrogen-bond donors (Lipinski definition) is 4. The first-order chi connectivity index (χ1) is 12.5. The minimum Gasteiger partial charge on any atom is -0.508 e. The molecule has 0 saturated carbocycles. The zero-order valence-electron chi connectivity index (χ0n) is 14.8. The summed E-state index contributed by atoms with van der Waals surface area (Å²) in [6.45, 7) is 4.58. The maximum Gasteiger partial charge on any atom is 0.243 e. The fourth-order valence-corrected chi connectivity index (χ4v) is 2.16. The Balaban J connectivity index is 1.90. The Morgan fingerprint density at radius 1 is 1.15 bits per heavy atom. The van der Waals surface area contributed by atoms with E-state index >= 15 is 0 Å². The van der Waals surface area contributed by atoms with E-state index in [4.69, 9.17) is 0 Å². The van der Waals surface area contributed by atoms with E-state index < -0.39 is 0 Å². The van der Waals surface area contributed by atoms with Crippen molar-refractivity contribution in [3.63, 3.8) is 0 Å². The average molecular weight is 358 g/mol. The van der Waals surface area contributed by atoms with Crippen molar-refractivity contribution in [2.24, 2.45) is 4.99 Å². The highest BCUT2D eigenvalue weighted by molar-refractivity contribution is 5.95. The number of anilines is 1. The molecule has 1 amide bonds. The minimum atomic E-state index is -0.260. The Labute approximate surface area is 152 Å². The molecule has 0 fully saturated rings. The van der Waals surface area contributed by atoms with Crippen molar-refractivity contribution in [2.45, 2.75) is 20.4 Å². The number of guanidine groups is 1. The second-order valence-electron chi connectivity index (χ2n) is 5.73. The molecule has 4 N–H and O–H groups in total. The van der Waals surface area contributed by atoms with Crippen LogP contribution < -0.4 is 16.0 Å². The topological polar surface area (TPSA) is 85.8 Å². The van der Waals surface area contributed by atoms with Gasteiger partial charge in [-0.3, -0.25) is 4.79 Å². The Kier molecular flexibility index (Phi) is 6.96. The molecule has 2 aromatic rings. The standard InChI is InChI=1S/C19H23FN4O2/c1-3-21-19(22-11-14-5-4-13(2)17(20)10-14)23-12-18(26)24-15-6-8-16(25)9-7-15/h4-10,25H,3,11-12H2,1-2H3,(H,24,26)(H2,21,22,23). The van der Waals surface area contributed by atoms with E-state index in [0.29, 0.717) is 30.3 Å². The summed E-state index contributed by atoms with van der Waals surface area (Å²) in [6, 6.07) is 11.2. The van der Waals surface area contributed by atoms with Crippen molar-refractivity contribution >= 4 is 17.6 Å². The van der Waals surface area contributed by atoms with Crippen LogP contribution in [0.25, 0.3) is 0 Å². The number of amides is 1. The van der Waals surface area contributed by atoms with Gasteiger partial charge in [-0.15, -0.1) is 0 Å². The van der Waals surface area contributed by atoms with Crippen LogP contribution in [0, 0.1) is 12.7 Å². The van der Waals surface area contributed by atoms with Crippen molar-refractivity contribution in [3.8, 4) is 5.75 Å². The number of aliphatic imine (C=N–C) groups is 1. The van der Waals surface area contributed by atoms with Gasteiger partial charge in [-0.05, 0) is 55.3 Å². The van der Waals surface area contributed by atoms with E-state index in [1.165, 1.54) is 18.2 Å². The normalized spacial score (nSPS) is 11.1. The Morgan fingerprint density at radius 3 is 2.54 bits per heavy atom. The molecule has 0 bridgehead atoms. The zero-order valence-corrected chi connectivity index (χ0v) is 14.8. The van der Waals surface area contributed by atoms with E-state index in [0.717, 1.165) is 5.56 Å². The van der Waals surface area contributed by atoms with Gasteiger partial charge >= 0.3 is 0 Å². The van der Waals surface area contributed by atoms with Crippen LogP contribution >= 0.6 is 0 Å². The minimum absolute atomic E-state index is 0.0228. The molecule has 26 heavy (non-hydrogen) atoms. The van der Waals surface area contributed by atoms with Crippen molar-refractivity contribution < 1.29 is 14.3 Å². The number of hydrogen-bond acceptors (Lipinski definition) is 3. The molecule has 0 aliphatic carbocycles. The largest absolute Gasteiger partial charge is 0.508 e. The predicted octanol–water partition coefficient (Wildman–Crippen LogP) is 2.53. The number of phenolic OH excluding ortho intramolecular Hbond substituents is 1. The number of rotatable bonds is 6. The molecule has 0 aromatic heterocycles. The second kappa shape index (κ2) is 9.41. The van der Waals surface area contributed by atoms with Gasteiger partial charge in [0.15, 0.2) is 5.96 Å². The van der Waals surface area contributed by atoms with E-state index in [2.05, 4.69) is 20.9 Å². The van der Waals surface area contributed by atoms with Gasteiger partial charge in [0.25, 0.3) is 0 Å². The molecule has 0 spiro atoms. The second-order valence-corrected chi connectivity index (χ2v) is 5.73. The molecule has 6 nitrogen and oxygen atoms in total. The number of halogens is 1. The molecule has 0 heterocycles. The summed E-state index contributed by atoms with van der Waals surface area (Å²) in [4.78, 5) is 16.4. The molecule has 138 valence electrons. The Hall–Kier alpha value is -3.09. The van der Waals surface area contributed by atoms with E-state index in [-0.39, 0.29) is 24.0 Å². The van der Waals surface area contributed by atoms with Gasteiger partial charge in [0, 0.05) is 12.2 Å². The third-order valence-corrected chi connectivity index (χ3v) is 3.57. The molecule has 0 saturated heterocycles. The van der Waals surface area contributed by atoms with E-state index in [1.54, 1.807) is 25.1 Å². The van der Waals surface area contributed by atoms with Crippen LogP contribution in [0.4, 0.5) is 10.1 Å². The number of nitrogens with one attached hydrogen (secondary N) is 3. The van der Waals surface area contributed by atoms with Crippen molar-refractivity contribution in [2.75, 3.05) is 18.4 Å². The smallest absolute Gasteiger partial charge is 0.243 e. The number of carbonyl (C=O) groups excluding carboxylic acids is 1. The molecular formula is C19H23FN4O2. The van der Waals surface area contributed by atoms with Crippen molar-refractivity contribution in [1.82, 2.24) is 10.6 Å². The maximum atomic E-state index is 13.6. The number of nitrogens with zero attached hydrogens (tertiary/aromatic N) is 1. The summed E-state index contributed by atoms with van der Waals surface area (Å²) in [5.41, 5.74) is 1.93. The first-order valence-electron chi connectivity index (χ1n) is 8.34. The van der Waals surface area contributed by atoms with Gasteiger partial charge in [0.2, 0.25) is 5.91 Å². The van der Waals surface area contributed by atoms with Crippen molar-refractivity contribution in [3.05, 3.63) is 59.4 Å². The summed E-state index contributed by atoms with van der Waals surface area (Å²) in [5.74, 6) is 0.0937. The highest BCUT2D eigenvalue weighted by atomic mass is 19.1. The molecule has 0 aliphatic heterocycles. The summed E-state index contributed by atoms with van der Waals surface area (Å²) in [6.07, 6.45) is 0. The SMILES string of the molecule is CCNC(=NCc1ccc(C)c(F)c1)NCC(=O)Nc1ccc(O)cc1. The highest BCUT2D eigenvalue weighted by Gasteiger charge is 2.05. The fourth-order valence-electron chi connectivity index (χ4n) is 2.16. The molecule has 0 aliphatic rings. The van der Waals surface area contributed by atoms with Gasteiger partial charge in [-0.25, -0.2) is 9.38 Å². The summed E-state index contributed by atoms with van der Waals surface area (Å²) >= 11 is 0. The lowest BCUT2D eigenvalue weighted by Crippen LogP contribution is -2.41. The monoisotopic (exact) mass is 358 g/mol. The molecule has 0 unspecified atom stereocenters. The van der Waals surface area contributed by atoms with Crippen LogP contribution in [-0.2, 0) is 11.3 Å². The third kappa shape index (κ3) is 6.08. The number of aryl methyl sites for hydroxylation is 1. The lowest BCUT2D eigenvalue weighted by molar-refractivity contribution is -0.115. The third-order valence-electron chi connectivity index (χ3n) is 3.57. The van der Waals surface area contributed by atoms with E-state index in [9.17, 15) is 14.3 Å². The number of carbonyl (C=O) groups is 1. The van der Waals surface area contributed by atoms with Gasteiger partial charge in [-0.2, -0.15) is 0 Å². The average Bonchev–Trinajstić information content (AvgIpc) is 2.62. The molecule has 0 radical (unpaired) electrons. The number of aromatic hydroxyl groups is 1. The van der Waals surface area contributed by atoms with E-state index in [1.807, 2.05) is 13.0 Å². The van der Waals surface area contributed by atoms with Crippen LogP contribution in [0.1, 0.15) is 18.1 Å². The number of benzene rings is 2. The molecule has 2 aromatic carbocycles. The van der Waals surface area contributed by atoms with Crippen LogP contribution in [0.3, 0.4) is 0 Å². The fraction of sp³-hybridized carbons (Fsp3) is 0.263. The van der Waals surface area contributed by atoms with Gasteiger partial charge in [0.1, 0.15) is 11.6 Å². The lowest BCUT2D eigenvalue weighted by Gasteiger charge is -2.12. The molecule has 0 atom stereocenters. The van der Waals surface area contributed by atoms with Crippen molar-refractivity contribution in [1.29, 1.82) is 0 Å². The van der Waals surface area contributed by atoms with Crippen LogP contribution in [0.15, 0.2) is 47.5 Å². The quantitative estimate of drug-likeness (QED) is 0.363. The maximum absolute atomic E-state index is 13.6. The van der Waals surface area contributed by atoms with Gasteiger partial charge in [-0.1, -0.05) is 12.1 Å². The van der Waals surface area contributed by atoms with Crippen LogP contribution in [0.2, 0.25) is 0 Å². The zero-order chi connectivity index (χ0) is 18.9. The number of phenols is 1. The first-order valence-corrected chi connectivity index (χ1v) is 8.34. The molecular weight excluding hydrogens is 335 g/mol. The van der Waals surface area contributed by atoms with Crippen LogP contribution in [0.5, 0.6) is 5.75 Å². The molecule has 7 heteroatoms. The summed E-state index contributed by atoms with van der Waals surface area (Å²) in [7, 11) is 0. The van der Waals surface area contributed by atoms with Gasteiger partial charge in [0.05, 0.1) is 13.1 Å². The highest BCUT2D eigenvalue weighted by Crippen LogP contribution is 2.13. The lowest BCUT2D eigenvalue weighted by atomic mass is 10.1. The molecule has 2 rings (SSSR count). The predicted molar refractivity (Wildman–Crippen MR) is 101 cm³/mol. The summed E-state index contributed by atoms with van der Waals surface area (Å²) < 4.78 is 13.6. The Morgan fingerprint density at radius 2 is 1.88 bits per heavy atom. The van der Waals surface area contributed by atoms with Gasteiger partial charge < -0.3 is 21.1 Å². The van der Waals surface area contributed by atoms with Crippen LogP contribution in [-0.4, -0.2) is 30.1 Å².